The van der Waals surface area contributed by atoms with Gasteiger partial charge in [0.1, 0.15) is 5.75 Å². The summed E-state index contributed by atoms with van der Waals surface area (Å²) >= 11 is 0. The van der Waals surface area contributed by atoms with E-state index >= 15 is 0 Å². The first-order chi connectivity index (χ1) is 7.13. The molecule has 3 nitrogen and oxygen atoms in total. The predicted octanol–water partition coefficient (Wildman–Crippen LogP) is 2.04. The molecule has 1 N–H and O–H groups in total. The molecule has 0 aromatic heterocycles. The highest BCUT2D eigenvalue weighted by molar-refractivity contribution is 5.96. The van der Waals surface area contributed by atoms with Crippen molar-refractivity contribution in [1.29, 1.82) is 0 Å². The monoisotopic (exact) mass is 208 g/mol. The summed E-state index contributed by atoms with van der Waals surface area (Å²) in [6.07, 6.45) is 0.300. The molecule has 0 radical (unpaired) electrons. The van der Waals surface area contributed by atoms with Crippen molar-refractivity contribution < 1.29 is 14.6 Å². The van der Waals surface area contributed by atoms with E-state index in [1.165, 1.54) is 0 Å². The minimum atomic E-state index is -0.108. The van der Waals surface area contributed by atoms with Gasteiger partial charge in [0, 0.05) is 12.0 Å². The van der Waals surface area contributed by atoms with Gasteiger partial charge in [-0.05, 0) is 38.1 Å². The number of aliphatic hydroxyl groups excluding tert-OH is 1. The maximum atomic E-state index is 11.4. The molecule has 0 bridgehead atoms. The highest BCUT2D eigenvalue weighted by atomic mass is 16.5. The van der Waals surface area contributed by atoms with Crippen LogP contribution in [-0.2, 0) is 0 Å². The predicted molar refractivity (Wildman–Crippen MR) is 58.2 cm³/mol. The van der Waals surface area contributed by atoms with Crippen molar-refractivity contribution >= 4 is 5.78 Å². The van der Waals surface area contributed by atoms with Crippen molar-refractivity contribution in [3.05, 3.63) is 29.8 Å². The number of carbonyl (C=O) groups excluding carboxylic acids is 1. The Labute approximate surface area is 89.7 Å². The van der Waals surface area contributed by atoms with E-state index in [9.17, 15) is 4.79 Å². The molecule has 0 aliphatic heterocycles. The van der Waals surface area contributed by atoms with Crippen LogP contribution in [0.1, 0.15) is 30.6 Å². The molecule has 1 aromatic carbocycles. The number of ether oxygens (including phenoxy) is 1. The van der Waals surface area contributed by atoms with E-state index in [-0.39, 0.29) is 24.9 Å². The highest BCUT2D eigenvalue weighted by Gasteiger charge is 2.05. The number of Topliss-reactive ketones (excluding diaryl/α,β-unsaturated/α-hetero) is 1. The molecule has 0 spiro atoms. The van der Waals surface area contributed by atoms with Crippen LogP contribution in [0.25, 0.3) is 0 Å². The van der Waals surface area contributed by atoms with Gasteiger partial charge >= 0.3 is 0 Å². The van der Waals surface area contributed by atoms with Crippen LogP contribution in [0.5, 0.6) is 5.75 Å². The van der Waals surface area contributed by atoms with Gasteiger partial charge in [-0.25, -0.2) is 0 Å². The average molecular weight is 208 g/mol. The van der Waals surface area contributed by atoms with Gasteiger partial charge in [-0.1, -0.05) is 0 Å². The SMILES string of the molecule is CC(C)Oc1ccc(C(=O)CCO)cc1. The second-order valence-electron chi connectivity index (χ2n) is 3.59. The quantitative estimate of drug-likeness (QED) is 0.753. The number of hydrogen-bond acceptors (Lipinski definition) is 3. The van der Waals surface area contributed by atoms with Gasteiger partial charge in [-0.2, -0.15) is 0 Å². The first-order valence-corrected chi connectivity index (χ1v) is 5.04. The van der Waals surface area contributed by atoms with Crippen LogP contribution >= 0.6 is 0 Å². The zero-order valence-electron chi connectivity index (χ0n) is 9.06. The van der Waals surface area contributed by atoms with Gasteiger partial charge in [0.25, 0.3) is 0 Å². The third-order valence-electron chi connectivity index (χ3n) is 1.89. The summed E-state index contributed by atoms with van der Waals surface area (Å²) in [6.45, 7) is 3.79. The lowest BCUT2D eigenvalue weighted by molar-refractivity contribution is 0.0956. The second kappa shape index (κ2) is 5.51. The standard InChI is InChI=1S/C12H16O3/c1-9(2)15-11-5-3-10(4-6-11)12(14)7-8-13/h3-6,9,13H,7-8H2,1-2H3. The first kappa shape index (κ1) is 11.7. The van der Waals surface area contributed by atoms with Crippen LogP contribution in [0.4, 0.5) is 0 Å². The van der Waals surface area contributed by atoms with Gasteiger partial charge in [0.15, 0.2) is 5.78 Å². The van der Waals surface area contributed by atoms with E-state index in [2.05, 4.69) is 0 Å². The Bertz CT molecular complexity index is 314. The smallest absolute Gasteiger partial charge is 0.165 e. The van der Waals surface area contributed by atoms with E-state index in [1.54, 1.807) is 24.3 Å². The maximum absolute atomic E-state index is 11.4. The molecular formula is C12H16O3. The number of hydrogen-bond donors (Lipinski definition) is 1. The number of aliphatic hydroxyl groups is 1. The van der Waals surface area contributed by atoms with Crippen molar-refractivity contribution in [3.63, 3.8) is 0 Å². The first-order valence-electron chi connectivity index (χ1n) is 5.04. The summed E-state index contributed by atoms with van der Waals surface area (Å²) in [6, 6.07) is 6.97. The van der Waals surface area contributed by atoms with Crippen molar-refractivity contribution in [2.75, 3.05) is 6.61 Å². The van der Waals surface area contributed by atoms with Crippen LogP contribution in [0.15, 0.2) is 24.3 Å². The Morgan fingerprint density at radius 1 is 1.33 bits per heavy atom. The summed E-state index contributed by atoms with van der Waals surface area (Å²) in [5, 5.41) is 8.63. The van der Waals surface area contributed by atoms with Crippen LogP contribution in [0.2, 0.25) is 0 Å². The molecule has 0 unspecified atom stereocenters. The average Bonchev–Trinajstić information content (AvgIpc) is 2.18. The molecule has 0 atom stereocenters. The fourth-order valence-electron chi connectivity index (χ4n) is 1.24. The summed E-state index contributed by atoms with van der Waals surface area (Å²) in [7, 11) is 0. The third-order valence-corrected chi connectivity index (χ3v) is 1.89. The molecule has 3 heteroatoms. The molecule has 0 aliphatic rings. The van der Waals surface area contributed by atoms with Gasteiger partial charge < -0.3 is 9.84 Å². The molecule has 0 saturated carbocycles. The summed E-state index contributed by atoms with van der Waals surface area (Å²) in [5.74, 6) is 0.708. The molecule has 0 aliphatic carbocycles. The number of ketones is 1. The van der Waals surface area contributed by atoms with Crippen LogP contribution < -0.4 is 4.74 Å². The maximum Gasteiger partial charge on any atom is 0.165 e. The molecule has 0 fully saturated rings. The number of rotatable bonds is 5. The van der Waals surface area contributed by atoms with E-state index in [4.69, 9.17) is 9.84 Å². The summed E-state index contributed by atoms with van der Waals surface area (Å²) in [4.78, 5) is 11.4. The summed E-state index contributed by atoms with van der Waals surface area (Å²) < 4.78 is 5.45. The van der Waals surface area contributed by atoms with Crippen molar-refractivity contribution in [1.82, 2.24) is 0 Å². The van der Waals surface area contributed by atoms with Gasteiger partial charge in [-0.15, -0.1) is 0 Å². The Kier molecular flexibility index (Phi) is 4.31. The largest absolute Gasteiger partial charge is 0.491 e. The Balaban J connectivity index is 2.67. The van der Waals surface area contributed by atoms with Crippen LogP contribution in [-0.4, -0.2) is 23.6 Å². The Hall–Kier alpha value is -1.35. The molecule has 1 rings (SSSR count). The van der Waals surface area contributed by atoms with E-state index in [0.717, 1.165) is 5.75 Å². The Morgan fingerprint density at radius 3 is 2.40 bits per heavy atom. The lowest BCUT2D eigenvalue weighted by atomic mass is 10.1. The minimum Gasteiger partial charge on any atom is -0.491 e. The van der Waals surface area contributed by atoms with E-state index < -0.39 is 0 Å². The van der Waals surface area contributed by atoms with Crippen LogP contribution in [0.3, 0.4) is 0 Å². The lowest BCUT2D eigenvalue weighted by Crippen LogP contribution is -2.06. The molecule has 1 aromatic rings. The zero-order valence-corrected chi connectivity index (χ0v) is 9.06. The normalized spacial score (nSPS) is 10.4. The molecule has 15 heavy (non-hydrogen) atoms. The molecule has 0 saturated heterocycles. The van der Waals surface area contributed by atoms with Crippen molar-refractivity contribution in [3.8, 4) is 5.75 Å². The second-order valence-corrected chi connectivity index (χ2v) is 3.59. The lowest BCUT2D eigenvalue weighted by Gasteiger charge is -2.09. The van der Waals surface area contributed by atoms with Gasteiger partial charge in [-0.3, -0.25) is 4.79 Å². The Morgan fingerprint density at radius 2 is 1.93 bits per heavy atom. The van der Waals surface area contributed by atoms with E-state index in [1.807, 2.05) is 13.8 Å². The topological polar surface area (TPSA) is 46.5 Å². The van der Waals surface area contributed by atoms with E-state index in [0.29, 0.717) is 5.56 Å². The molecule has 0 heterocycles. The molecule has 82 valence electrons. The fraction of sp³-hybridized carbons (Fsp3) is 0.417. The van der Waals surface area contributed by atoms with Gasteiger partial charge in [0.2, 0.25) is 0 Å². The van der Waals surface area contributed by atoms with Gasteiger partial charge in [0.05, 0.1) is 12.7 Å². The fourth-order valence-corrected chi connectivity index (χ4v) is 1.24. The summed E-state index contributed by atoms with van der Waals surface area (Å²) in [5.41, 5.74) is 0.611. The minimum absolute atomic E-state index is 0.0476. The van der Waals surface area contributed by atoms with Crippen molar-refractivity contribution in [2.45, 2.75) is 26.4 Å². The highest BCUT2D eigenvalue weighted by Crippen LogP contribution is 2.14. The molecule has 0 amide bonds. The zero-order chi connectivity index (χ0) is 11.3. The third kappa shape index (κ3) is 3.72. The number of benzene rings is 1. The number of carbonyl (C=O) groups is 1. The van der Waals surface area contributed by atoms with Crippen molar-refractivity contribution in [2.24, 2.45) is 0 Å². The molecular weight excluding hydrogens is 192 g/mol. The van der Waals surface area contributed by atoms with Crippen LogP contribution in [0, 0.1) is 0 Å².